The zero-order valence-electron chi connectivity index (χ0n) is 21.1. The summed E-state index contributed by atoms with van der Waals surface area (Å²) in [5, 5.41) is 38.5. The van der Waals surface area contributed by atoms with Gasteiger partial charge in [-0.05, 0) is 50.2 Å². The number of alkyl halides is 1. The molecule has 0 atom stereocenters. The van der Waals surface area contributed by atoms with Crippen molar-refractivity contribution in [2.75, 3.05) is 5.32 Å². The third-order valence-electron chi connectivity index (χ3n) is 5.76. The van der Waals surface area contributed by atoms with Crippen LogP contribution in [-0.4, -0.2) is 46.5 Å². The average Bonchev–Trinajstić information content (AvgIpc) is 3.70. The fraction of sp³-hybridized carbons (Fsp3) is 0.111. The van der Waals surface area contributed by atoms with Crippen LogP contribution < -0.4 is 5.32 Å². The molecule has 200 valence electrons. The van der Waals surface area contributed by atoms with E-state index in [0.29, 0.717) is 15.7 Å². The van der Waals surface area contributed by atoms with E-state index < -0.39 is 11.6 Å². The number of anilines is 2. The van der Waals surface area contributed by atoms with Crippen LogP contribution in [0.15, 0.2) is 67.1 Å². The van der Waals surface area contributed by atoms with E-state index in [9.17, 15) is 9.18 Å². The van der Waals surface area contributed by atoms with Crippen molar-refractivity contribution >= 4 is 56.3 Å². The van der Waals surface area contributed by atoms with Crippen LogP contribution in [0.25, 0.3) is 38.4 Å². The minimum atomic E-state index is -2.08. The molecule has 4 aromatic heterocycles. The summed E-state index contributed by atoms with van der Waals surface area (Å²) in [7, 11) is 0. The number of aromatic amines is 1. The van der Waals surface area contributed by atoms with Gasteiger partial charge in [-0.2, -0.15) is 10.4 Å². The van der Waals surface area contributed by atoms with Gasteiger partial charge in [-0.25, -0.2) is 14.2 Å². The number of aliphatic carboxylic acids is 1. The Hall–Kier alpha value is -4.86. The van der Waals surface area contributed by atoms with Gasteiger partial charge in [0.15, 0.2) is 5.01 Å². The van der Waals surface area contributed by atoms with Crippen molar-refractivity contribution in [2.45, 2.75) is 19.5 Å². The average molecular weight is 575 g/mol. The highest BCUT2D eigenvalue weighted by Gasteiger charge is 2.24. The van der Waals surface area contributed by atoms with Gasteiger partial charge >= 0.3 is 5.97 Å². The van der Waals surface area contributed by atoms with E-state index in [4.69, 9.17) is 27.0 Å². The highest BCUT2D eigenvalue weighted by atomic mass is 35.5. The van der Waals surface area contributed by atoms with Crippen molar-refractivity contribution in [1.82, 2.24) is 29.8 Å². The number of hydrogen-bond donors (Lipinski definition) is 3. The Kier molecular flexibility index (Phi) is 7.17. The lowest BCUT2D eigenvalue weighted by molar-refractivity contribution is -0.148. The number of pyridine rings is 1. The molecule has 13 heteroatoms. The lowest BCUT2D eigenvalue weighted by Gasteiger charge is -2.05. The first-order valence-corrected chi connectivity index (χ1v) is 13.0. The highest BCUT2D eigenvalue weighted by molar-refractivity contribution is 7.18. The van der Waals surface area contributed by atoms with Crippen LogP contribution in [0.2, 0.25) is 5.02 Å². The molecule has 10 nitrogen and oxygen atoms in total. The number of nitrogens with one attached hydrogen (secondary N) is 2. The molecule has 0 aliphatic rings. The van der Waals surface area contributed by atoms with Gasteiger partial charge in [0.2, 0.25) is 10.8 Å². The van der Waals surface area contributed by atoms with Crippen molar-refractivity contribution in [3.05, 3.63) is 77.7 Å². The highest BCUT2D eigenvalue weighted by Crippen LogP contribution is 2.35. The van der Waals surface area contributed by atoms with Crippen LogP contribution in [0.5, 0.6) is 0 Å². The van der Waals surface area contributed by atoms with Crippen LogP contribution >= 0.6 is 22.9 Å². The number of halogens is 2. The number of benzene rings is 2. The molecule has 40 heavy (non-hydrogen) atoms. The second-order valence-corrected chi connectivity index (χ2v) is 10.4. The zero-order valence-corrected chi connectivity index (χ0v) is 22.6. The number of rotatable bonds is 5. The minimum absolute atomic E-state index is 0.570. The molecule has 6 aromatic rings. The van der Waals surface area contributed by atoms with Crippen LogP contribution in [0.3, 0.4) is 0 Å². The van der Waals surface area contributed by atoms with Gasteiger partial charge in [-0.1, -0.05) is 35.1 Å². The number of carboxylic acid groups (broad SMARTS) is 1. The number of imidazole rings is 1. The smallest absolute Gasteiger partial charge is 0.340 e. The van der Waals surface area contributed by atoms with Gasteiger partial charge in [0.05, 0.1) is 45.3 Å². The second-order valence-electron chi connectivity index (χ2n) is 9.04. The molecule has 0 aliphatic heterocycles. The topological polar surface area (TPSA) is 145 Å². The molecule has 0 fully saturated rings. The predicted octanol–water partition coefficient (Wildman–Crippen LogP) is 6.48. The van der Waals surface area contributed by atoms with Gasteiger partial charge in [0.25, 0.3) is 0 Å². The van der Waals surface area contributed by atoms with E-state index in [1.165, 1.54) is 11.3 Å². The number of hydrogen-bond acceptors (Lipinski definition) is 8. The van der Waals surface area contributed by atoms with Gasteiger partial charge in [-0.15, -0.1) is 10.2 Å². The summed E-state index contributed by atoms with van der Waals surface area (Å²) in [6, 6.07) is 17.2. The number of carbonyl (C=O) groups is 1. The molecular weight excluding hydrogens is 555 g/mol. The maximum Gasteiger partial charge on any atom is 0.340 e. The summed E-state index contributed by atoms with van der Waals surface area (Å²) < 4.78 is 13.9. The maximum absolute atomic E-state index is 11.9. The molecule has 0 saturated carbocycles. The summed E-state index contributed by atoms with van der Waals surface area (Å²) >= 11 is 7.93. The normalized spacial score (nSPS) is 11.2. The van der Waals surface area contributed by atoms with Gasteiger partial charge < -0.3 is 14.8 Å². The molecule has 4 heterocycles. The molecule has 6 rings (SSSR count). The number of H-pyrrole nitrogens is 1. The Balaban J connectivity index is 0.000000411. The molecule has 3 N–H and O–H groups in total. The molecule has 0 aliphatic carbocycles. The van der Waals surface area contributed by atoms with E-state index in [0.717, 1.165) is 57.9 Å². The third kappa shape index (κ3) is 5.47. The summed E-state index contributed by atoms with van der Waals surface area (Å²) in [6.45, 7) is 1.99. The largest absolute Gasteiger partial charge is 0.479 e. The summed E-state index contributed by atoms with van der Waals surface area (Å²) in [5.74, 6) is -1.42. The van der Waals surface area contributed by atoms with E-state index in [2.05, 4.69) is 31.8 Å². The van der Waals surface area contributed by atoms with Gasteiger partial charge in [-0.3, -0.25) is 5.10 Å². The number of nitriles is 1. The molecule has 0 unspecified atom stereocenters. The van der Waals surface area contributed by atoms with Crippen molar-refractivity contribution in [1.29, 1.82) is 5.26 Å². The number of fused-ring (bicyclic) bond motifs is 2. The first kappa shape index (κ1) is 26.7. The molecule has 0 saturated heterocycles. The van der Waals surface area contributed by atoms with Crippen molar-refractivity contribution in [3.8, 4) is 27.9 Å². The third-order valence-corrected chi connectivity index (χ3v) is 7.04. The maximum atomic E-state index is 11.9. The quantitative estimate of drug-likeness (QED) is 0.212. The Labute approximate surface area is 235 Å². The molecule has 0 amide bonds. The summed E-state index contributed by atoms with van der Waals surface area (Å²) in [6.07, 6.45) is 5.60. The number of carboxylic acids is 1. The van der Waals surface area contributed by atoms with Crippen LogP contribution in [0.4, 0.5) is 15.2 Å². The van der Waals surface area contributed by atoms with Crippen molar-refractivity contribution in [2.24, 2.45) is 0 Å². The van der Waals surface area contributed by atoms with Crippen molar-refractivity contribution < 1.29 is 14.3 Å². The summed E-state index contributed by atoms with van der Waals surface area (Å²) in [4.78, 5) is 14.5. The van der Waals surface area contributed by atoms with Crippen LogP contribution in [0, 0.1) is 11.3 Å². The monoisotopic (exact) mass is 574 g/mol. The molecule has 0 bridgehead atoms. The Morgan fingerprint density at radius 2 is 1.95 bits per heavy atom. The fourth-order valence-corrected chi connectivity index (χ4v) is 4.65. The minimum Gasteiger partial charge on any atom is -0.479 e. The van der Waals surface area contributed by atoms with Crippen LogP contribution in [0.1, 0.15) is 19.4 Å². The van der Waals surface area contributed by atoms with Gasteiger partial charge in [0.1, 0.15) is 5.65 Å². The predicted molar refractivity (Wildman–Crippen MR) is 151 cm³/mol. The molecule has 0 spiro atoms. The number of nitrogens with zero attached hydrogens (tertiary/aromatic N) is 6. The lowest BCUT2D eigenvalue weighted by atomic mass is 10.1. The van der Waals surface area contributed by atoms with E-state index >= 15 is 0 Å². The molecule has 0 radical (unpaired) electrons. The van der Waals surface area contributed by atoms with E-state index in [1.54, 1.807) is 18.3 Å². The van der Waals surface area contributed by atoms with Crippen molar-refractivity contribution in [3.63, 3.8) is 0 Å². The first-order chi connectivity index (χ1) is 19.1. The van der Waals surface area contributed by atoms with E-state index in [-0.39, 0.29) is 0 Å². The Morgan fingerprint density at radius 1 is 1.20 bits per heavy atom. The number of aromatic nitrogens is 6. The lowest BCUT2D eigenvalue weighted by Crippen LogP contribution is -2.24. The SMILES string of the molecule is CC(C)(F)C(=O)O.N#Cc1ccc(-c2cn3cccc(-c4nnc(Nc5ccc6[nH]ncc6c5Cl)s4)c3n2)cc1. The second kappa shape index (κ2) is 10.7. The Morgan fingerprint density at radius 3 is 2.65 bits per heavy atom. The fourth-order valence-electron chi connectivity index (χ4n) is 3.61. The summed E-state index contributed by atoms with van der Waals surface area (Å²) in [5.41, 5.74) is 3.53. The first-order valence-electron chi connectivity index (χ1n) is 11.8. The zero-order chi connectivity index (χ0) is 28.4. The standard InChI is InChI=1S/C23H13ClN8S.C4H7FO2/c24-20-16-11-26-29-17(16)7-8-18(20)28-23-31-30-22(33-23)15-2-1-9-32-12-19(27-21(15)32)14-5-3-13(10-25)4-6-14;1-4(2,5)3(6)7/h1-9,11-12H,(H,26,29)(H,28,31);1-2H3,(H,6,7). The van der Waals surface area contributed by atoms with E-state index in [1.807, 2.05) is 53.2 Å². The van der Waals surface area contributed by atoms with Gasteiger partial charge in [0, 0.05) is 23.3 Å². The van der Waals surface area contributed by atoms with Crippen LogP contribution in [-0.2, 0) is 4.79 Å². The Bertz CT molecular complexity index is 1880. The molecular formula is C27H20ClFN8O2S. The molecule has 2 aromatic carbocycles.